The van der Waals surface area contributed by atoms with Gasteiger partial charge in [-0.1, -0.05) is 73.1 Å². The first kappa shape index (κ1) is 22.3. The van der Waals surface area contributed by atoms with Crippen LogP contribution >= 0.6 is 0 Å². The molecule has 1 aromatic carbocycles. The summed E-state index contributed by atoms with van der Waals surface area (Å²) in [6.07, 6.45) is 3.29. The Balaban J connectivity index is 0. The van der Waals surface area contributed by atoms with Gasteiger partial charge in [0.15, 0.2) is 0 Å². The largest absolute Gasteiger partial charge is 0.508 e. The van der Waals surface area contributed by atoms with Crippen LogP contribution in [0.25, 0.3) is 0 Å². The number of aromatic hydroxyl groups is 1. The van der Waals surface area contributed by atoms with E-state index in [-0.39, 0.29) is 0 Å². The summed E-state index contributed by atoms with van der Waals surface area (Å²) in [5.41, 5.74) is 0.741. The molecule has 0 bridgehead atoms. The first-order valence-corrected chi connectivity index (χ1v) is 8.05. The molecule has 0 heterocycles. The third-order valence-corrected chi connectivity index (χ3v) is 4.00. The number of benzene rings is 1. The Morgan fingerprint density at radius 1 is 0.857 bits per heavy atom. The number of aliphatic hydroxyl groups excluding tert-OH is 1. The summed E-state index contributed by atoms with van der Waals surface area (Å²) in [5.74, 6) is 0.322. The lowest BCUT2D eigenvalue weighted by Gasteiger charge is -2.39. The van der Waals surface area contributed by atoms with Crippen LogP contribution in [0.2, 0.25) is 0 Å². The third kappa shape index (κ3) is 11.3. The van der Waals surface area contributed by atoms with E-state index in [4.69, 9.17) is 10.2 Å². The average Bonchev–Trinajstić information content (AvgIpc) is 2.41. The van der Waals surface area contributed by atoms with Crippen LogP contribution in [0.3, 0.4) is 0 Å². The molecule has 0 aromatic heterocycles. The molecule has 2 N–H and O–H groups in total. The normalized spacial score (nSPS) is 10.9. The monoisotopic (exact) mass is 296 g/mol. The zero-order chi connectivity index (χ0) is 16.9. The van der Waals surface area contributed by atoms with E-state index in [0.717, 1.165) is 12.8 Å². The van der Waals surface area contributed by atoms with E-state index in [9.17, 15) is 0 Å². The standard InChI is InChI=1S/C11H24O.C6H6O.C2H6/c1-10(2,3)11(4,5)8-6-7-9-12;7-6-4-2-1-3-5-6;1-2/h12H,6-9H2,1-5H3;1-5,7H;1-2H3. The van der Waals surface area contributed by atoms with Crippen molar-refractivity contribution in [3.05, 3.63) is 30.3 Å². The summed E-state index contributed by atoms with van der Waals surface area (Å²) in [5, 5.41) is 17.3. The van der Waals surface area contributed by atoms with Crippen LogP contribution in [0, 0.1) is 10.8 Å². The molecule has 124 valence electrons. The van der Waals surface area contributed by atoms with Gasteiger partial charge in [0.25, 0.3) is 0 Å². The van der Waals surface area contributed by atoms with Gasteiger partial charge in [-0.05, 0) is 35.8 Å². The molecule has 1 rings (SSSR count). The highest BCUT2D eigenvalue weighted by Crippen LogP contribution is 2.41. The summed E-state index contributed by atoms with van der Waals surface area (Å²) < 4.78 is 0. The molecule has 0 radical (unpaired) electrons. The van der Waals surface area contributed by atoms with Gasteiger partial charge >= 0.3 is 0 Å². The number of rotatable bonds is 4. The molecule has 0 aliphatic rings. The van der Waals surface area contributed by atoms with E-state index in [1.54, 1.807) is 24.3 Å². The summed E-state index contributed by atoms with van der Waals surface area (Å²) >= 11 is 0. The summed E-state index contributed by atoms with van der Waals surface area (Å²) in [6, 6.07) is 8.71. The Bertz CT molecular complexity index is 323. The van der Waals surface area contributed by atoms with Crippen LogP contribution in [-0.2, 0) is 0 Å². The predicted octanol–water partition coefficient (Wildman–Crippen LogP) is 5.64. The van der Waals surface area contributed by atoms with Crippen LogP contribution in [-0.4, -0.2) is 16.8 Å². The highest BCUT2D eigenvalue weighted by molar-refractivity contribution is 5.18. The molecule has 0 saturated heterocycles. The molecule has 2 nitrogen and oxygen atoms in total. The molecule has 0 fully saturated rings. The zero-order valence-electron chi connectivity index (χ0n) is 15.1. The van der Waals surface area contributed by atoms with Crippen molar-refractivity contribution in [2.45, 2.75) is 67.7 Å². The highest BCUT2D eigenvalue weighted by atomic mass is 16.3. The van der Waals surface area contributed by atoms with Gasteiger partial charge in [0.05, 0.1) is 0 Å². The Labute approximate surface area is 132 Å². The maximum atomic E-state index is 8.67. The van der Waals surface area contributed by atoms with Crippen molar-refractivity contribution >= 4 is 0 Å². The van der Waals surface area contributed by atoms with E-state index < -0.39 is 0 Å². The molecule has 0 aliphatic heterocycles. The van der Waals surface area contributed by atoms with E-state index in [2.05, 4.69) is 34.6 Å². The fraction of sp³-hybridized carbons (Fsp3) is 0.684. The molecular weight excluding hydrogens is 260 g/mol. The van der Waals surface area contributed by atoms with E-state index in [1.807, 2.05) is 19.9 Å². The molecule has 0 unspecified atom stereocenters. The number of hydrogen-bond donors (Lipinski definition) is 2. The predicted molar refractivity (Wildman–Crippen MR) is 93.6 cm³/mol. The van der Waals surface area contributed by atoms with Gasteiger partial charge in [-0.25, -0.2) is 0 Å². The van der Waals surface area contributed by atoms with Gasteiger partial charge in [-0.15, -0.1) is 0 Å². The smallest absolute Gasteiger partial charge is 0.115 e. The van der Waals surface area contributed by atoms with Crippen molar-refractivity contribution in [1.82, 2.24) is 0 Å². The number of para-hydroxylation sites is 1. The minimum atomic E-state index is 0.322. The van der Waals surface area contributed by atoms with Crippen molar-refractivity contribution in [3.8, 4) is 5.75 Å². The number of phenols is 1. The Morgan fingerprint density at radius 2 is 1.33 bits per heavy atom. The van der Waals surface area contributed by atoms with Crippen LogP contribution < -0.4 is 0 Å². The van der Waals surface area contributed by atoms with Gasteiger partial charge in [-0.3, -0.25) is 0 Å². The molecule has 21 heavy (non-hydrogen) atoms. The second-order valence-corrected chi connectivity index (χ2v) is 6.65. The van der Waals surface area contributed by atoms with Crippen LogP contribution in [0.1, 0.15) is 67.7 Å². The molecule has 0 atom stereocenters. The maximum Gasteiger partial charge on any atom is 0.115 e. The Kier molecular flexibility index (Phi) is 12.3. The summed E-state index contributed by atoms with van der Waals surface area (Å²) in [7, 11) is 0. The second kappa shape index (κ2) is 11.6. The summed E-state index contributed by atoms with van der Waals surface area (Å²) in [6.45, 7) is 15.8. The molecule has 0 spiro atoms. The molecule has 0 amide bonds. The topological polar surface area (TPSA) is 40.5 Å². The van der Waals surface area contributed by atoms with E-state index in [0.29, 0.717) is 23.2 Å². The van der Waals surface area contributed by atoms with Crippen molar-refractivity contribution in [2.24, 2.45) is 10.8 Å². The number of unbranched alkanes of at least 4 members (excludes halogenated alkanes) is 1. The minimum absolute atomic E-state index is 0.322. The third-order valence-electron chi connectivity index (χ3n) is 4.00. The van der Waals surface area contributed by atoms with E-state index >= 15 is 0 Å². The van der Waals surface area contributed by atoms with E-state index in [1.165, 1.54) is 6.42 Å². The number of hydrogen-bond acceptors (Lipinski definition) is 2. The van der Waals surface area contributed by atoms with Gasteiger partial charge < -0.3 is 10.2 Å². The van der Waals surface area contributed by atoms with Crippen molar-refractivity contribution in [2.75, 3.05) is 6.61 Å². The number of phenolic OH excluding ortho intramolecular Hbond substituents is 1. The minimum Gasteiger partial charge on any atom is -0.508 e. The Hall–Kier alpha value is -1.02. The fourth-order valence-corrected chi connectivity index (χ4v) is 1.48. The highest BCUT2D eigenvalue weighted by Gasteiger charge is 2.31. The van der Waals surface area contributed by atoms with Gasteiger partial charge in [0.2, 0.25) is 0 Å². The van der Waals surface area contributed by atoms with Crippen LogP contribution in [0.15, 0.2) is 30.3 Å². The molecular formula is C19H36O2. The number of aliphatic hydroxyl groups is 1. The Morgan fingerprint density at radius 3 is 1.62 bits per heavy atom. The van der Waals surface area contributed by atoms with Crippen molar-refractivity contribution in [3.63, 3.8) is 0 Å². The molecule has 2 heteroatoms. The molecule has 0 aliphatic carbocycles. The van der Waals surface area contributed by atoms with Crippen molar-refractivity contribution < 1.29 is 10.2 Å². The van der Waals surface area contributed by atoms with Crippen LogP contribution in [0.4, 0.5) is 0 Å². The van der Waals surface area contributed by atoms with Crippen molar-refractivity contribution in [1.29, 1.82) is 0 Å². The van der Waals surface area contributed by atoms with Gasteiger partial charge in [0, 0.05) is 6.61 Å². The average molecular weight is 296 g/mol. The second-order valence-electron chi connectivity index (χ2n) is 6.65. The lowest BCUT2D eigenvalue weighted by atomic mass is 9.67. The van der Waals surface area contributed by atoms with Crippen LogP contribution in [0.5, 0.6) is 5.75 Å². The quantitative estimate of drug-likeness (QED) is 0.706. The van der Waals surface area contributed by atoms with Gasteiger partial charge in [0.1, 0.15) is 5.75 Å². The molecule has 0 saturated carbocycles. The molecule has 1 aromatic rings. The zero-order valence-corrected chi connectivity index (χ0v) is 15.1. The lowest BCUT2D eigenvalue weighted by molar-refractivity contribution is 0.113. The summed E-state index contributed by atoms with van der Waals surface area (Å²) in [4.78, 5) is 0. The van der Waals surface area contributed by atoms with Gasteiger partial charge in [-0.2, -0.15) is 0 Å². The fourth-order valence-electron chi connectivity index (χ4n) is 1.48. The first-order valence-electron chi connectivity index (χ1n) is 8.05. The maximum absolute atomic E-state index is 8.67. The first-order chi connectivity index (χ1) is 9.70. The SMILES string of the molecule is CC.CC(C)(C)C(C)(C)CCCCO.Oc1ccccc1. The lowest BCUT2D eigenvalue weighted by Crippen LogP contribution is -2.29.